The Labute approximate surface area is 112 Å². The molecule has 0 amide bonds. The van der Waals surface area contributed by atoms with Crippen molar-refractivity contribution in [3.8, 4) is 0 Å². The topological polar surface area (TPSA) is 29.3 Å². The van der Waals surface area contributed by atoms with Gasteiger partial charge in [-0.3, -0.25) is 4.90 Å². The summed E-state index contributed by atoms with van der Waals surface area (Å²) < 4.78 is 13.6. The Bertz CT molecular complexity index is 447. The van der Waals surface area contributed by atoms with Gasteiger partial charge in [0.15, 0.2) is 0 Å². The molecule has 0 aromatic heterocycles. The minimum absolute atomic E-state index is 0.0972. The average Bonchev–Trinajstić information content (AvgIpc) is 3.17. The van der Waals surface area contributed by atoms with Gasteiger partial charge in [0, 0.05) is 12.1 Å². The Morgan fingerprint density at radius 1 is 1.28 bits per heavy atom. The minimum atomic E-state index is -0.345. The van der Waals surface area contributed by atoms with Gasteiger partial charge in [-0.15, -0.1) is 0 Å². The van der Waals surface area contributed by atoms with Crippen LogP contribution in [0.15, 0.2) is 18.2 Å². The van der Waals surface area contributed by atoms with Crippen LogP contribution in [-0.2, 0) is 0 Å². The lowest BCUT2D eigenvalue weighted by molar-refractivity contribution is 0.119. The molecule has 0 bridgehead atoms. The highest BCUT2D eigenvalue weighted by Gasteiger charge is 2.39. The second-order valence-electron chi connectivity index (χ2n) is 5.39. The lowest BCUT2D eigenvalue weighted by Crippen LogP contribution is -2.46. The van der Waals surface area contributed by atoms with Gasteiger partial charge in [0.2, 0.25) is 0 Å². The number of hydrogen-bond donors (Lipinski definition) is 1. The van der Waals surface area contributed by atoms with Crippen molar-refractivity contribution < 1.29 is 4.39 Å². The van der Waals surface area contributed by atoms with E-state index in [1.165, 1.54) is 12.8 Å². The molecule has 1 aliphatic carbocycles. The highest BCUT2D eigenvalue weighted by atomic mass is 35.5. The molecule has 2 unspecified atom stereocenters. The summed E-state index contributed by atoms with van der Waals surface area (Å²) in [5.41, 5.74) is 7.23. The van der Waals surface area contributed by atoms with Crippen molar-refractivity contribution in [3.63, 3.8) is 0 Å². The number of piperidine rings is 1. The summed E-state index contributed by atoms with van der Waals surface area (Å²) in [7, 11) is 0. The molecular formula is C14H18ClFN2. The summed E-state index contributed by atoms with van der Waals surface area (Å²) in [6, 6.07) is 6.00. The van der Waals surface area contributed by atoms with Gasteiger partial charge >= 0.3 is 0 Å². The fourth-order valence-corrected chi connectivity index (χ4v) is 3.12. The molecule has 2 aliphatic rings. The molecule has 1 aromatic carbocycles. The van der Waals surface area contributed by atoms with Gasteiger partial charge in [-0.1, -0.05) is 17.7 Å². The van der Waals surface area contributed by atoms with Crippen molar-refractivity contribution in [2.24, 2.45) is 5.73 Å². The first-order valence-corrected chi connectivity index (χ1v) is 7.01. The molecule has 1 aliphatic heterocycles. The third kappa shape index (κ3) is 2.27. The first-order valence-electron chi connectivity index (χ1n) is 6.63. The Morgan fingerprint density at radius 3 is 2.72 bits per heavy atom. The molecule has 3 rings (SSSR count). The maximum absolute atomic E-state index is 13.6. The van der Waals surface area contributed by atoms with E-state index in [-0.39, 0.29) is 22.9 Å². The predicted octanol–water partition coefficient (Wildman–Crippen LogP) is 3.11. The number of rotatable bonds is 2. The molecule has 4 heteroatoms. The lowest BCUT2D eigenvalue weighted by atomic mass is 9.90. The van der Waals surface area contributed by atoms with Crippen molar-refractivity contribution in [3.05, 3.63) is 34.6 Å². The van der Waals surface area contributed by atoms with E-state index in [9.17, 15) is 4.39 Å². The van der Waals surface area contributed by atoms with Gasteiger partial charge < -0.3 is 5.73 Å². The molecule has 0 radical (unpaired) electrons. The minimum Gasteiger partial charge on any atom is -0.326 e. The van der Waals surface area contributed by atoms with Crippen LogP contribution in [0.2, 0.25) is 5.02 Å². The van der Waals surface area contributed by atoms with Crippen LogP contribution in [-0.4, -0.2) is 23.5 Å². The van der Waals surface area contributed by atoms with E-state index >= 15 is 0 Å². The number of likely N-dealkylation sites (tertiary alicyclic amines) is 1. The van der Waals surface area contributed by atoms with Crippen molar-refractivity contribution in [2.75, 3.05) is 6.54 Å². The van der Waals surface area contributed by atoms with Crippen LogP contribution in [0.25, 0.3) is 0 Å². The molecule has 2 N–H and O–H groups in total. The van der Waals surface area contributed by atoms with E-state index in [4.69, 9.17) is 17.3 Å². The third-order valence-electron chi connectivity index (χ3n) is 4.02. The van der Waals surface area contributed by atoms with Crippen LogP contribution in [0.1, 0.15) is 37.3 Å². The van der Waals surface area contributed by atoms with Crippen LogP contribution in [0, 0.1) is 5.82 Å². The van der Waals surface area contributed by atoms with Crippen LogP contribution >= 0.6 is 11.6 Å². The van der Waals surface area contributed by atoms with Gasteiger partial charge in [-0.2, -0.15) is 0 Å². The summed E-state index contributed by atoms with van der Waals surface area (Å²) in [4.78, 5) is 2.46. The summed E-state index contributed by atoms with van der Waals surface area (Å²) in [5, 5.41) is 0.182. The van der Waals surface area contributed by atoms with Crippen LogP contribution in [0.4, 0.5) is 4.39 Å². The fraction of sp³-hybridized carbons (Fsp3) is 0.571. The average molecular weight is 269 g/mol. The summed E-state index contributed by atoms with van der Waals surface area (Å²) >= 11 is 5.75. The largest absolute Gasteiger partial charge is 0.326 e. The molecule has 1 saturated carbocycles. The van der Waals surface area contributed by atoms with Gasteiger partial charge in [-0.05, 0) is 49.9 Å². The van der Waals surface area contributed by atoms with Gasteiger partial charge in [0.1, 0.15) is 5.82 Å². The van der Waals surface area contributed by atoms with Gasteiger partial charge in [-0.25, -0.2) is 4.39 Å². The molecule has 2 nitrogen and oxygen atoms in total. The predicted molar refractivity (Wildman–Crippen MR) is 71.1 cm³/mol. The first-order chi connectivity index (χ1) is 8.66. The Kier molecular flexibility index (Phi) is 3.31. The fourth-order valence-electron chi connectivity index (χ4n) is 3.00. The third-order valence-corrected chi connectivity index (χ3v) is 4.32. The van der Waals surface area contributed by atoms with E-state index in [2.05, 4.69) is 4.90 Å². The summed E-state index contributed by atoms with van der Waals surface area (Å²) in [6.45, 7) is 1.08. The second kappa shape index (κ2) is 4.80. The number of halogens is 2. The quantitative estimate of drug-likeness (QED) is 0.893. The number of nitrogens with two attached hydrogens (primary N) is 1. The molecule has 2 atom stereocenters. The van der Waals surface area contributed by atoms with E-state index in [0.29, 0.717) is 6.04 Å². The molecule has 1 saturated heterocycles. The van der Waals surface area contributed by atoms with E-state index in [0.717, 1.165) is 24.9 Å². The molecule has 1 aromatic rings. The molecule has 2 fully saturated rings. The number of hydrogen-bond acceptors (Lipinski definition) is 2. The Morgan fingerprint density at radius 2 is 2.06 bits per heavy atom. The van der Waals surface area contributed by atoms with Crippen molar-refractivity contribution in [2.45, 2.75) is 43.8 Å². The van der Waals surface area contributed by atoms with E-state index in [1.54, 1.807) is 12.1 Å². The van der Waals surface area contributed by atoms with E-state index < -0.39 is 0 Å². The molecule has 18 heavy (non-hydrogen) atoms. The van der Waals surface area contributed by atoms with Gasteiger partial charge in [0.25, 0.3) is 0 Å². The SMILES string of the molecule is NC1CCCN(C2CC2)C1c1ccc(Cl)c(F)c1. The molecule has 98 valence electrons. The molecular weight excluding hydrogens is 251 g/mol. The zero-order valence-electron chi connectivity index (χ0n) is 10.3. The van der Waals surface area contributed by atoms with Gasteiger partial charge in [0.05, 0.1) is 11.1 Å². The maximum atomic E-state index is 13.6. The second-order valence-corrected chi connectivity index (χ2v) is 5.80. The standard InChI is InChI=1S/C14H18ClFN2/c15-11-6-3-9(8-12(11)16)14-13(17)2-1-7-18(14)10-4-5-10/h3,6,8,10,13-14H,1-2,4-5,7,17H2. The Balaban J connectivity index is 1.92. The Hall–Kier alpha value is -0.640. The van der Waals surface area contributed by atoms with Crippen molar-refractivity contribution >= 4 is 11.6 Å². The first kappa shape index (κ1) is 12.4. The normalized spacial score (nSPS) is 29.5. The van der Waals surface area contributed by atoms with Crippen molar-refractivity contribution in [1.29, 1.82) is 0 Å². The maximum Gasteiger partial charge on any atom is 0.142 e. The monoisotopic (exact) mass is 268 g/mol. The zero-order chi connectivity index (χ0) is 12.7. The zero-order valence-corrected chi connectivity index (χ0v) is 11.0. The lowest BCUT2D eigenvalue weighted by Gasteiger charge is -2.40. The number of benzene rings is 1. The van der Waals surface area contributed by atoms with E-state index in [1.807, 2.05) is 6.07 Å². The van der Waals surface area contributed by atoms with Crippen molar-refractivity contribution in [1.82, 2.24) is 4.90 Å². The number of nitrogens with zero attached hydrogens (tertiary/aromatic N) is 1. The highest BCUT2D eigenvalue weighted by molar-refractivity contribution is 6.30. The summed E-state index contributed by atoms with van der Waals surface area (Å²) in [6.07, 6.45) is 4.65. The van der Waals surface area contributed by atoms with Crippen LogP contribution in [0.3, 0.4) is 0 Å². The van der Waals surface area contributed by atoms with Crippen LogP contribution in [0.5, 0.6) is 0 Å². The molecule has 0 spiro atoms. The molecule has 1 heterocycles. The summed E-state index contributed by atoms with van der Waals surface area (Å²) in [5.74, 6) is -0.345. The smallest absolute Gasteiger partial charge is 0.142 e. The highest BCUT2D eigenvalue weighted by Crippen LogP contribution is 2.39. The van der Waals surface area contributed by atoms with Crippen LogP contribution < -0.4 is 5.73 Å².